The Labute approximate surface area is 262 Å². The molecule has 6 aromatic rings. The highest BCUT2D eigenvalue weighted by Gasteiger charge is 2.34. The van der Waals surface area contributed by atoms with Crippen molar-refractivity contribution in [3.63, 3.8) is 0 Å². The van der Waals surface area contributed by atoms with Crippen molar-refractivity contribution in [3.8, 4) is 11.5 Å². The van der Waals surface area contributed by atoms with E-state index < -0.39 is 0 Å². The van der Waals surface area contributed by atoms with E-state index in [0.29, 0.717) is 5.75 Å². The largest absolute Gasteiger partial charge is 0.457 e. The number of aromatic nitrogens is 6. The van der Waals surface area contributed by atoms with Crippen molar-refractivity contribution < 1.29 is 9.47 Å². The lowest BCUT2D eigenvalue weighted by Gasteiger charge is -2.41. The lowest BCUT2D eigenvalue weighted by molar-refractivity contribution is 0.0136. The number of hydrogen-bond acceptors (Lipinski definition) is 8. The Balaban J connectivity index is 1.03. The van der Waals surface area contributed by atoms with E-state index in [1.54, 1.807) is 10.8 Å². The molecule has 0 amide bonds. The first kappa shape index (κ1) is 28.9. The standard InChI is InChI=1S/C35H38N8O2/c1-26-20-29(8-9-31(26)45-30-12-17-42-32(21-30)36-24-38-42)40-34-33-28(11-16-43(33)39-25-37-34)22-41-18-14-35(15-19-41,23-44-2)13-10-27-6-4-3-5-7-27/h3-9,11-12,16-17,20-21,24-25H,10,13-15,18-19,22-23H2,1-2H3,(H,37,39,40). The number of piperidine rings is 1. The Morgan fingerprint density at radius 1 is 0.889 bits per heavy atom. The molecule has 0 spiro atoms. The molecular formula is C35H38N8O2. The summed E-state index contributed by atoms with van der Waals surface area (Å²) in [6.45, 7) is 5.77. The molecule has 5 heterocycles. The molecular weight excluding hydrogens is 564 g/mol. The van der Waals surface area contributed by atoms with Gasteiger partial charge in [-0.05, 0) is 98.1 Å². The zero-order valence-corrected chi connectivity index (χ0v) is 25.8. The Morgan fingerprint density at radius 2 is 1.69 bits per heavy atom. The molecule has 1 N–H and O–H groups in total. The second-order valence-corrected chi connectivity index (χ2v) is 12.1. The summed E-state index contributed by atoms with van der Waals surface area (Å²) < 4.78 is 15.5. The van der Waals surface area contributed by atoms with Crippen LogP contribution in [0.1, 0.15) is 36.0 Å². The summed E-state index contributed by atoms with van der Waals surface area (Å²) in [6, 6.07) is 22.8. The summed E-state index contributed by atoms with van der Waals surface area (Å²) in [5.41, 5.74) is 6.50. The predicted molar refractivity (Wildman–Crippen MR) is 174 cm³/mol. The smallest absolute Gasteiger partial charge is 0.158 e. The topological polar surface area (TPSA) is 94.1 Å². The zero-order chi connectivity index (χ0) is 30.6. The molecule has 1 saturated heterocycles. The minimum atomic E-state index is 0.219. The van der Waals surface area contributed by atoms with Crippen LogP contribution in [0.3, 0.4) is 0 Å². The van der Waals surface area contributed by atoms with Crippen LogP contribution in [0, 0.1) is 12.3 Å². The lowest BCUT2D eigenvalue weighted by Crippen LogP contribution is -2.42. The van der Waals surface area contributed by atoms with Gasteiger partial charge in [-0.25, -0.2) is 19.0 Å². The minimum Gasteiger partial charge on any atom is -0.457 e. The van der Waals surface area contributed by atoms with Crippen molar-refractivity contribution in [1.82, 2.24) is 34.1 Å². The van der Waals surface area contributed by atoms with E-state index in [4.69, 9.17) is 9.47 Å². The number of hydrogen-bond donors (Lipinski definition) is 1. The van der Waals surface area contributed by atoms with Crippen LogP contribution in [0.25, 0.3) is 11.2 Å². The van der Waals surface area contributed by atoms with Gasteiger partial charge in [0.2, 0.25) is 0 Å². The fourth-order valence-corrected chi connectivity index (χ4v) is 6.46. The summed E-state index contributed by atoms with van der Waals surface area (Å²) in [6.07, 6.45) is 11.5. The predicted octanol–water partition coefficient (Wildman–Crippen LogP) is 6.48. The van der Waals surface area contributed by atoms with Crippen molar-refractivity contribution in [2.24, 2.45) is 5.41 Å². The van der Waals surface area contributed by atoms with Gasteiger partial charge in [0, 0.05) is 37.8 Å². The quantitative estimate of drug-likeness (QED) is 0.180. The molecule has 0 atom stereocenters. The molecule has 0 bridgehead atoms. The summed E-state index contributed by atoms with van der Waals surface area (Å²) in [7, 11) is 1.83. The third kappa shape index (κ3) is 6.38. The maximum atomic E-state index is 6.17. The molecule has 1 aliphatic heterocycles. The van der Waals surface area contributed by atoms with Gasteiger partial charge in [-0.1, -0.05) is 30.3 Å². The van der Waals surface area contributed by atoms with Crippen molar-refractivity contribution in [2.45, 2.75) is 39.2 Å². The highest BCUT2D eigenvalue weighted by molar-refractivity contribution is 5.76. The summed E-state index contributed by atoms with van der Waals surface area (Å²) in [5.74, 6) is 2.27. The third-order valence-electron chi connectivity index (χ3n) is 9.00. The van der Waals surface area contributed by atoms with Crippen LogP contribution in [-0.4, -0.2) is 60.9 Å². The van der Waals surface area contributed by atoms with Gasteiger partial charge in [0.15, 0.2) is 11.5 Å². The molecule has 0 unspecified atom stereocenters. The van der Waals surface area contributed by atoms with Crippen LogP contribution in [0.4, 0.5) is 11.5 Å². The normalized spacial score (nSPS) is 15.1. The van der Waals surface area contributed by atoms with Crippen LogP contribution in [0.15, 0.2) is 91.8 Å². The summed E-state index contributed by atoms with van der Waals surface area (Å²) >= 11 is 0. The number of nitrogens with one attached hydrogen (secondary N) is 1. The average Bonchev–Trinajstić information content (AvgIpc) is 3.71. The summed E-state index contributed by atoms with van der Waals surface area (Å²) in [5, 5.41) is 12.2. The maximum absolute atomic E-state index is 6.17. The van der Waals surface area contributed by atoms with E-state index >= 15 is 0 Å². The van der Waals surface area contributed by atoms with Gasteiger partial charge < -0.3 is 14.8 Å². The number of aryl methyl sites for hydroxylation is 2. The second kappa shape index (κ2) is 12.7. The molecule has 10 nitrogen and oxygen atoms in total. The monoisotopic (exact) mass is 602 g/mol. The van der Waals surface area contributed by atoms with E-state index in [0.717, 1.165) is 85.9 Å². The molecule has 1 aliphatic rings. The van der Waals surface area contributed by atoms with Gasteiger partial charge in [-0.15, -0.1) is 0 Å². The van der Waals surface area contributed by atoms with Gasteiger partial charge >= 0.3 is 0 Å². The number of anilines is 2. The van der Waals surface area contributed by atoms with Crippen molar-refractivity contribution in [2.75, 3.05) is 32.1 Å². The Morgan fingerprint density at radius 3 is 2.51 bits per heavy atom. The third-order valence-corrected chi connectivity index (χ3v) is 9.00. The molecule has 45 heavy (non-hydrogen) atoms. The molecule has 4 aromatic heterocycles. The van der Waals surface area contributed by atoms with Crippen LogP contribution >= 0.6 is 0 Å². The van der Waals surface area contributed by atoms with Gasteiger partial charge in [-0.3, -0.25) is 4.90 Å². The number of ether oxygens (including phenoxy) is 2. The zero-order valence-electron chi connectivity index (χ0n) is 25.8. The van der Waals surface area contributed by atoms with E-state index in [1.807, 2.05) is 55.2 Å². The van der Waals surface area contributed by atoms with Crippen LogP contribution in [0.5, 0.6) is 11.5 Å². The van der Waals surface area contributed by atoms with Crippen LogP contribution in [-0.2, 0) is 17.7 Å². The summed E-state index contributed by atoms with van der Waals surface area (Å²) in [4.78, 5) is 11.4. The molecule has 230 valence electrons. The van der Waals surface area contributed by atoms with Gasteiger partial charge in [-0.2, -0.15) is 10.2 Å². The second-order valence-electron chi connectivity index (χ2n) is 12.1. The Kier molecular flexibility index (Phi) is 8.15. The lowest BCUT2D eigenvalue weighted by atomic mass is 9.74. The molecule has 0 aliphatic carbocycles. The van der Waals surface area contributed by atoms with Gasteiger partial charge in [0.1, 0.15) is 29.7 Å². The fourth-order valence-electron chi connectivity index (χ4n) is 6.46. The van der Waals surface area contributed by atoms with Crippen molar-refractivity contribution in [3.05, 3.63) is 108 Å². The van der Waals surface area contributed by atoms with E-state index in [9.17, 15) is 0 Å². The highest BCUT2D eigenvalue weighted by atomic mass is 16.5. The number of fused-ring (bicyclic) bond motifs is 2. The number of methoxy groups -OCH3 is 1. The first-order chi connectivity index (χ1) is 22.1. The number of pyridine rings is 1. The molecule has 7 rings (SSSR count). The minimum absolute atomic E-state index is 0.219. The van der Waals surface area contributed by atoms with Gasteiger partial charge in [0.25, 0.3) is 0 Å². The molecule has 10 heteroatoms. The number of likely N-dealkylation sites (tertiary alicyclic amines) is 1. The van der Waals surface area contributed by atoms with Crippen LogP contribution in [0.2, 0.25) is 0 Å². The van der Waals surface area contributed by atoms with E-state index in [-0.39, 0.29) is 5.41 Å². The van der Waals surface area contributed by atoms with Crippen molar-refractivity contribution >= 4 is 22.7 Å². The van der Waals surface area contributed by atoms with Gasteiger partial charge in [0.05, 0.1) is 6.61 Å². The Bertz CT molecular complexity index is 1890. The number of benzene rings is 2. The maximum Gasteiger partial charge on any atom is 0.158 e. The molecule has 0 radical (unpaired) electrons. The molecule has 2 aromatic carbocycles. The van der Waals surface area contributed by atoms with E-state index in [2.05, 4.69) is 72.8 Å². The average molecular weight is 603 g/mol. The highest BCUT2D eigenvalue weighted by Crippen LogP contribution is 2.38. The molecule has 0 saturated carbocycles. The fraction of sp³-hybridized carbons (Fsp3) is 0.314. The first-order valence-electron chi connectivity index (χ1n) is 15.5. The number of rotatable bonds is 11. The van der Waals surface area contributed by atoms with Crippen molar-refractivity contribution in [1.29, 1.82) is 0 Å². The Hall–Kier alpha value is -4.80. The molecule has 1 fully saturated rings. The van der Waals surface area contributed by atoms with Crippen LogP contribution < -0.4 is 10.1 Å². The first-order valence-corrected chi connectivity index (χ1v) is 15.5. The van der Waals surface area contributed by atoms with E-state index in [1.165, 1.54) is 17.5 Å². The SMILES string of the molecule is COCC1(CCc2ccccc2)CCN(Cc2ccn3ncnc(Nc4ccc(Oc5ccn6ncnc6c5)c(C)c4)c23)CC1. The number of nitrogens with zero attached hydrogens (tertiary/aromatic N) is 7.